The summed E-state index contributed by atoms with van der Waals surface area (Å²) < 4.78 is 16.4. The van der Waals surface area contributed by atoms with Gasteiger partial charge < -0.3 is 29.1 Å². The van der Waals surface area contributed by atoms with Crippen LogP contribution in [0.25, 0.3) is 11.3 Å². The van der Waals surface area contributed by atoms with E-state index >= 15 is 0 Å². The third-order valence-corrected chi connectivity index (χ3v) is 5.91. The van der Waals surface area contributed by atoms with E-state index in [1.54, 1.807) is 69.1 Å². The Morgan fingerprint density at radius 3 is 2.53 bits per heavy atom. The Morgan fingerprint density at radius 1 is 1.08 bits per heavy atom. The maximum Gasteiger partial charge on any atom is 0.316 e. The number of hydrogen-bond donors (Lipinski definition) is 1. The Kier molecular flexibility index (Phi) is 7.54. The smallest absolute Gasteiger partial charge is 0.316 e. The summed E-state index contributed by atoms with van der Waals surface area (Å²) in [4.78, 5) is 37.9. The molecule has 0 spiro atoms. The second-order valence-corrected chi connectivity index (χ2v) is 10.3. The summed E-state index contributed by atoms with van der Waals surface area (Å²) in [7, 11) is 5.23. The van der Waals surface area contributed by atoms with Crippen LogP contribution in [-0.2, 0) is 4.79 Å². The largest absolute Gasteiger partial charge is 0.454 e. The van der Waals surface area contributed by atoms with Gasteiger partial charge in [0, 0.05) is 32.9 Å². The number of aliphatic hydroxyl groups is 1. The standard InChI is InChI=1S/C28H32N4O6/c1-28(2,3)26(35)38-19-9-7-8-17(12-19)21(33)15-32(6)25(34)20-14-29-27(31(4)5)30-24(20)18-10-11-22-23(13-18)37-16-36-22/h7-14,21,33H,15-16H2,1-6H3. The first kappa shape index (κ1) is 26.9. The molecule has 1 unspecified atom stereocenters. The molecule has 3 aromatic rings. The number of fused-ring (bicyclic) bond motifs is 1. The minimum Gasteiger partial charge on any atom is -0.454 e. The lowest BCUT2D eigenvalue weighted by Crippen LogP contribution is -2.32. The fourth-order valence-electron chi connectivity index (χ4n) is 3.71. The van der Waals surface area contributed by atoms with Gasteiger partial charge in [0.2, 0.25) is 12.7 Å². The molecule has 10 heteroatoms. The van der Waals surface area contributed by atoms with Gasteiger partial charge in [-0.15, -0.1) is 0 Å². The zero-order valence-electron chi connectivity index (χ0n) is 22.4. The lowest BCUT2D eigenvalue weighted by Gasteiger charge is -2.23. The van der Waals surface area contributed by atoms with Gasteiger partial charge in [-0.3, -0.25) is 9.59 Å². The predicted molar refractivity (Wildman–Crippen MR) is 141 cm³/mol. The minimum absolute atomic E-state index is 0.00842. The number of carbonyl (C=O) groups excluding carboxylic acids is 2. The Balaban J connectivity index is 1.56. The van der Waals surface area contributed by atoms with E-state index in [-0.39, 0.29) is 30.8 Å². The van der Waals surface area contributed by atoms with E-state index in [1.807, 2.05) is 20.2 Å². The summed E-state index contributed by atoms with van der Waals surface area (Å²) in [6, 6.07) is 12.0. The highest BCUT2D eigenvalue weighted by Crippen LogP contribution is 2.36. The molecule has 1 aliphatic heterocycles. The molecule has 1 N–H and O–H groups in total. The van der Waals surface area contributed by atoms with E-state index in [9.17, 15) is 14.7 Å². The van der Waals surface area contributed by atoms with Crippen LogP contribution in [0.2, 0.25) is 0 Å². The summed E-state index contributed by atoms with van der Waals surface area (Å²) >= 11 is 0. The molecule has 1 aromatic heterocycles. The highest BCUT2D eigenvalue weighted by Gasteiger charge is 2.26. The summed E-state index contributed by atoms with van der Waals surface area (Å²) in [5, 5.41) is 10.9. The molecule has 0 bridgehead atoms. The van der Waals surface area contributed by atoms with Crippen LogP contribution in [0.3, 0.4) is 0 Å². The summed E-state index contributed by atoms with van der Waals surface area (Å²) in [5.41, 5.74) is 1.23. The van der Waals surface area contributed by atoms with Gasteiger partial charge in [-0.05, 0) is 56.7 Å². The molecule has 1 amide bonds. The van der Waals surface area contributed by atoms with Gasteiger partial charge in [0.15, 0.2) is 11.5 Å². The highest BCUT2D eigenvalue weighted by molar-refractivity contribution is 6.00. The average molecular weight is 521 g/mol. The van der Waals surface area contributed by atoms with Crippen molar-refractivity contribution in [3.8, 4) is 28.5 Å². The second kappa shape index (κ2) is 10.7. The molecule has 10 nitrogen and oxygen atoms in total. The maximum absolute atomic E-state index is 13.5. The van der Waals surface area contributed by atoms with Gasteiger partial charge in [0.1, 0.15) is 5.75 Å². The molecule has 4 rings (SSSR count). The Bertz CT molecular complexity index is 1350. The van der Waals surface area contributed by atoms with Crippen LogP contribution in [0.4, 0.5) is 5.95 Å². The Labute approximate surface area is 221 Å². The molecule has 2 heterocycles. The monoisotopic (exact) mass is 520 g/mol. The van der Waals surface area contributed by atoms with Crippen molar-refractivity contribution in [3.05, 3.63) is 59.8 Å². The van der Waals surface area contributed by atoms with Crippen molar-refractivity contribution < 1.29 is 28.9 Å². The first-order valence-corrected chi connectivity index (χ1v) is 12.1. The molecule has 0 radical (unpaired) electrons. The van der Waals surface area contributed by atoms with Crippen molar-refractivity contribution in [2.45, 2.75) is 26.9 Å². The molecular formula is C28H32N4O6. The third-order valence-electron chi connectivity index (χ3n) is 5.91. The van der Waals surface area contributed by atoms with Crippen molar-refractivity contribution in [1.29, 1.82) is 0 Å². The molecule has 0 aliphatic carbocycles. The fourth-order valence-corrected chi connectivity index (χ4v) is 3.71. The van der Waals surface area contributed by atoms with Gasteiger partial charge in [0.25, 0.3) is 5.91 Å². The first-order chi connectivity index (χ1) is 17.9. The predicted octanol–water partition coefficient (Wildman–Crippen LogP) is 3.70. The van der Waals surface area contributed by atoms with E-state index in [1.165, 1.54) is 11.1 Å². The zero-order chi connectivity index (χ0) is 27.6. The first-order valence-electron chi connectivity index (χ1n) is 12.1. The number of hydrogen-bond acceptors (Lipinski definition) is 9. The van der Waals surface area contributed by atoms with Crippen molar-refractivity contribution in [2.24, 2.45) is 5.41 Å². The number of anilines is 1. The van der Waals surface area contributed by atoms with Gasteiger partial charge in [0.05, 0.1) is 29.3 Å². The van der Waals surface area contributed by atoms with Crippen LogP contribution in [0, 0.1) is 5.41 Å². The van der Waals surface area contributed by atoms with Crippen LogP contribution in [0.15, 0.2) is 48.7 Å². The van der Waals surface area contributed by atoms with E-state index in [2.05, 4.69) is 9.97 Å². The Morgan fingerprint density at radius 2 is 1.82 bits per heavy atom. The van der Waals surface area contributed by atoms with Gasteiger partial charge in [-0.1, -0.05) is 12.1 Å². The SMILES string of the molecule is CN(CC(O)c1cccc(OC(=O)C(C)(C)C)c1)C(=O)c1cnc(N(C)C)nc1-c1ccc2c(c1)OCO2. The van der Waals surface area contributed by atoms with Crippen LogP contribution in [-0.4, -0.2) is 66.3 Å². The topological polar surface area (TPSA) is 114 Å². The minimum atomic E-state index is -1.02. The number of nitrogens with zero attached hydrogens (tertiary/aromatic N) is 4. The van der Waals surface area contributed by atoms with E-state index in [4.69, 9.17) is 14.2 Å². The van der Waals surface area contributed by atoms with E-state index in [0.29, 0.717) is 40.0 Å². The lowest BCUT2D eigenvalue weighted by molar-refractivity contribution is -0.143. The molecule has 0 fully saturated rings. The summed E-state index contributed by atoms with van der Waals surface area (Å²) in [6.07, 6.45) is 0.466. The highest BCUT2D eigenvalue weighted by atomic mass is 16.7. The van der Waals surface area contributed by atoms with Crippen LogP contribution in [0.1, 0.15) is 42.8 Å². The second-order valence-electron chi connectivity index (χ2n) is 10.3. The lowest BCUT2D eigenvalue weighted by atomic mass is 9.97. The third kappa shape index (κ3) is 5.86. The number of ether oxygens (including phenoxy) is 3. The molecule has 0 saturated heterocycles. The molecule has 200 valence electrons. The number of carbonyl (C=O) groups is 2. The summed E-state index contributed by atoms with van der Waals surface area (Å²) in [5.74, 6) is 1.22. The number of benzene rings is 2. The van der Waals surface area contributed by atoms with Crippen molar-refractivity contribution in [3.63, 3.8) is 0 Å². The van der Waals surface area contributed by atoms with Gasteiger partial charge in [-0.25, -0.2) is 9.97 Å². The quantitative estimate of drug-likeness (QED) is 0.368. The Hall–Kier alpha value is -4.18. The van der Waals surface area contributed by atoms with Crippen molar-refractivity contribution >= 4 is 17.8 Å². The number of likely N-dealkylation sites (N-methyl/N-ethyl adjacent to an activating group) is 1. The van der Waals surface area contributed by atoms with Crippen molar-refractivity contribution in [1.82, 2.24) is 14.9 Å². The van der Waals surface area contributed by atoms with E-state index in [0.717, 1.165) is 0 Å². The summed E-state index contributed by atoms with van der Waals surface area (Å²) in [6.45, 7) is 5.42. The molecular weight excluding hydrogens is 488 g/mol. The van der Waals surface area contributed by atoms with Gasteiger partial charge >= 0.3 is 5.97 Å². The molecule has 0 saturated carbocycles. The average Bonchev–Trinajstić information content (AvgIpc) is 3.35. The number of rotatable bonds is 7. The van der Waals surface area contributed by atoms with Crippen LogP contribution < -0.4 is 19.1 Å². The van der Waals surface area contributed by atoms with Gasteiger partial charge in [-0.2, -0.15) is 0 Å². The number of aliphatic hydroxyl groups excluding tert-OH is 1. The fraction of sp³-hybridized carbons (Fsp3) is 0.357. The number of amides is 1. The maximum atomic E-state index is 13.5. The molecule has 1 aliphatic rings. The molecule has 38 heavy (non-hydrogen) atoms. The normalized spacial score (nSPS) is 13.1. The van der Waals surface area contributed by atoms with Crippen LogP contribution >= 0.6 is 0 Å². The molecule has 1 atom stereocenters. The molecule has 2 aromatic carbocycles. The number of esters is 1. The number of aromatic nitrogens is 2. The van der Waals surface area contributed by atoms with Crippen LogP contribution in [0.5, 0.6) is 17.2 Å². The van der Waals surface area contributed by atoms with Crippen molar-refractivity contribution in [2.75, 3.05) is 39.4 Å². The van der Waals surface area contributed by atoms with E-state index < -0.39 is 11.5 Å². The zero-order valence-corrected chi connectivity index (χ0v) is 22.4.